The van der Waals surface area contributed by atoms with E-state index in [0.29, 0.717) is 5.92 Å². The van der Waals surface area contributed by atoms with Gasteiger partial charge in [-0.2, -0.15) is 0 Å². The van der Waals surface area contributed by atoms with Crippen molar-refractivity contribution in [1.82, 2.24) is 10.3 Å². The summed E-state index contributed by atoms with van der Waals surface area (Å²) in [5, 5.41) is 3.66. The molecule has 2 aromatic rings. The highest BCUT2D eigenvalue weighted by Gasteiger charge is 2.23. The second-order valence-corrected chi connectivity index (χ2v) is 7.39. The van der Waals surface area contributed by atoms with Gasteiger partial charge in [0.1, 0.15) is 0 Å². The number of hydrogen-bond acceptors (Lipinski definition) is 2. The first-order chi connectivity index (χ1) is 10.2. The van der Waals surface area contributed by atoms with Gasteiger partial charge in [0.25, 0.3) is 0 Å². The number of rotatable bonds is 6. The molecule has 110 valence electrons. The molecule has 0 bridgehead atoms. The van der Waals surface area contributed by atoms with Crippen LogP contribution in [0.25, 0.3) is 0 Å². The van der Waals surface area contributed by atoms with Gasteiger partial charge in [-0.15, -0.1) is 0 Å². The second-order valence-electron chi connectivity index (χ2n) is 5.62. The predicted molar refractivity (Wildman–Crippen MR) is 93.5 cm³/mol. The molecule has 0 aliphatic heterocycles. The molecule has 1 aliphatic carbocycles. The summed E-state index contributed by atoms with van der Waals surface area (Å²) in [5.74, 6) is 0.456. The summed E-state index contributed by atoms with van der Waals surface area (Å²) >= 11 is 7.20. The third-order valence-electron chi connectivity index (χ3n) is 3.82. The lowest BCUT2D eigenvalue weighted by atomic mass is 9.92. The second kappa shape index (κ2) is 7.03. The van der Waals surface area contributed by atoms with E-state index >= 15 is 0 Å². The highest BCUT2D eigenvalue weighted by atomic mass is 79.9. The van der Waals surface area contributed by atoms with Crippen molar-refractivity contribution in [1.29, 1.82) is 0 Å². The van der Waals surface area contributed by atoms with Crippen molar-refractivity contribution in [2.24, 2.45) is 0 Å². The lowest BCUT2D eigenvalue weighted by Crippen LogP contribution is -2.25. The van der Waals surface area contributed by atoms with Gasteiger partial charge in [0, 0.05) is 39.8 Å². The minimum absolute atomic E-state index is 0.456. The monoisotopic (exact) mass is 408 g/mol. The number of nitrogens with zero attached hydrogens (tertiary/aromatic N) is 1. The van der Waals surface area contributed by atoms with Crippen molar-refractivity contribution in [2.45, 2.75) is 31.2 Å². The van der Waals surface area contributed by atoms with Crippen LogP contribution in [0, 0.1) is 0 Å². The van der Waals surface area contributed by atoms with Crippen LogP contribution in [0.5, 0.6) is 0 Å². The lowest BCUT2D eigenvalue weighted by molar-refractivity contribution is 0.575. The number of nitrogens with one attached hydrogen (secondary N) is 1. The largest absolute Gasteiger partial charge is 0.313 e. The van der Waals surface area contributed by atoms with Crippen molar-refractivity contribution in [3.63, 3.8) is 0 Å². The first-order valence-electron chi connectivity index (χ1n) is 7.29. The maximum absolute atomic E-state index is 4.28. The zero-order valence-electron chi connectivity index (χ0n) is 11.7. The number of hydrogen-bond donors (Lipinski definition) is 1. The van der Waals surface area contributed by atoms with E-state index in [0.717, 1.165) is 23.5 Å². The molecule has 1 N–H and O–H groups in total. The fraction of sp³-hybridized carbons (Fsp3) is 0.353. The highest BCUT2D eigenvalue weighted by Crippen LogP contribution is 2.29. The minimum atomic E-state index is 0.456. The Labute approximate surface area is 142 Å². The van der Waals surface area contributed by atoms with E-state index in [1.807, 2.05) is 12.4 Å². The van der Waals surface area contributed by atoms with Crippen LogP contribution in [0.15, 0.2) is 51.7 Å². The Hall–Kier alpha value is -0.710. The molecule has 4 heteroatoms. The molecule has 1 unspecified atom stereocenters. The summed E-state index contributed by atoms with van der Waals surface area (Å²) in [7, 11) is 0. The van der Waals surface area contributed by atoms with Gasteiger partial charge in [0.15, 0.2) is 0 Å². The van der Waals surface area contributed by atoms with Gasteiger partial charge < -0.3 is 5.32 Å². The quantitative estimate of drug-likeness (QED) is 0.748. The zero-order valence-corrected chi connectivity index (χ0v) is 14.9. The first kappa shape index (κ1) is 15.2. The Bertz CT molecular complexity index is 611. The van der Waals surface area contributed by atoms with Crippen LogP contribution in [-0.2, 0) is 6.42 Å². The third-order valence-corrected chi connectivity index (χ3v) is 4.97. The maximum atomic E-state index is 4.28. The fourth-order valence-electron chi connectivity index (χ4n) is 2.55. The molecule has 1 aliphatic rings. The van der Waals surface area contributed by atoms with Gasteiger partial charge >= 0.3 is 0 Å². The Balaban J connectivity index is 1.79. The SMILES string of the molecule is Brc1cncc(CC(CNC2CC2)c2ccccc2Br)c1. The molecule has 1 aromatic heterocycles. The van der Waals surface area contributed by atoms with Crippen LogP contribution in [0.3, 0.4) is 0 Å². The fourth-order valence-corrected chi connectivity index (χ4v) is 3.57. The predicted octanol–water partition coefficient (Wildman–Crippen LogP) is 4.68. The minimum Gasteiger partial charge on any atom is -0.313 e. The molecule has 1 atom stereocenters. The summed E-state index contributed by atoms with van der Waals surface area (Å²) < 4.78 is 2.23. The molecule has 1 heterocycles. The lowest BCUT2D eigenvalue weighted by Gasteiger charge is -2.19. The Kier molecular flexibility index (Phi) is 5.09. The van der Waals surface area contributed by atoms with E-state index in [4.69, 9.17) is 0 Å². The van der Waals surface area contributed by atoms with Crippen molar-refractivity contribution in [3.05, 3.63) is 62.8 Å². The molecule has 21 heavy (non-hydrogen) atoms. The molecular formula is C17H18Br2N2. The van der Waals surface area contributed by atoms with Crippen LogP contribution in [0.1, 0.15) is 29.9 Å². The average Bonchev–Trinajstić information content (AvgIpc) is 3.28. The Morgan fingerprint density at radius 2 is 2.00 bits per heavy atom. The zero-order chi connectivity index (χ0) is 14.7. The molecular weight excluding hydrogens is 392 g/mol. The Morgan fingerprint density at radius 1 is 1.19 bits per heavy atom. The molecule has 3 rings (SSSR count). The van der Waals surface area contributed by atoms with Crippen LogP contribution < -0.4 is 5.32 Å². The van der Waals surface area contributed by atoms with Crippen molar-refractivity contribution in [3.8, 4) is 0 Å². The third kappa shape index (κ3) is 4.38. The van der Waals surface area contributed by atoms with E-state index in [1.165, 1.54) is 28.4 Å². The molecule has 0 radical (unpaired) electrons. The number of pyridine rings is 1. The van der Waals surface area contributed by atoms with Gasteiger partial charge in [0.05, 0.1) is 0 Å². The number of benzene rings is 1. The molecule has 0 saturated heterocycles. The molecule has 1 aromatic carbocycles. The van der Waals surface area contributed by atoms with E-state index in [1.54, 1.807) is 0 Å². The van der Waals surface area contributed by atoms with Crippen LogP contribution in [0.4, 0.5) is 0 Å². The van der Waals surface area contributed by atoms with Gasteiger partial charge in [-0.1, -0.05) is 34.1 Å². The molecule has 1 fully saturated rings. The Morgan fingerprint density at radius 3 is 2.71 bits per heavy atom. The summed E-state index contributed by atoms with van der Waals surface area (Å²) in [6.07, 6.45) is 7.43. The topological polar surface area (TPSA) is 24.9 Å². The van der Waals surface area contributed by atoms with E-state index in [2.05, 4.69) is 72.5 Å². The highest BCUT2D eigenvalue weighted by molar-refractivity contribution is 9.10. The normalized spacial score (nSPS) is 15.9. The van der Waals surface area contributed by atoms with Crippen LogP contribution >= 0.6 is 31.9 Å². The average molecular weight is 410 g/mol. The van der Waals surface area contributed by atoms with Crippen molar-refractivity contribution < 1.29 is 0 Å². The summed E-state index contributed by atoms with van der Waals surface area (Å²) in [4.78, 5) is 4.28. The number of aromatic nitrogens is 1. The van der Waals surface area contributed by atoms with Gasteiger partial charge in [-0.3, -0.25) is 4.98 Å². The van der Waals surface area contributed by atoms with E-state index < -0.39 is 0 Å². The smallest absolute Gasteiger partial charge is 0.0410 e. The maximum Gasteiger partial charge on any atom is 0.0410 e. The summed E-state index contributed by atoms with van der Waals surface area (Å²) in [6.45, 7) is 1.01. The van der Waals surface area contributed by atoms with E-state index in [-0.39, 0.29) is 0 Å². The molecule has 2 nitrogen and oxygen atoms in total. The molecule has 1 saturated carbocycles. The summed E-state index contributed by atoms with van der Waals surface area (Å²) in [5.41, 5.74) is 2.63. The standard InChI is InChI=1S/C17H18Br2N2/c18-14-8-12(9-20-11-14)7-13(10-21-15-5-6-15)16-3-1-2-4-17(16)19/h1-4,8-9,11,13,15,21H,5-7,10H2. The first-order valence-corrected chi connectivity index (χ1v) is 8.88. The van der Waals surface area contributed by atoms with Gasteiger partial charge in [-0.05, 0) is 58.5 Å². The van der Waals surface area contributed by atoms with Crippen molar-refractivity contribution >= 4 is 31.9 Å². The number of halogens is 2. The van der Waals surface area contributed by atoms with Crippen molar-refractivity contribution in [2.75, 3.05) is 6.54 Å². The molecule has 0 spiro atoms. The molecule has 0 amide bonds. The van der Waals surface area contributed by atoms with Gasteiger partial charge in [-0.25, -0.2) is 0 Å². The van der Waals surface area contributed by atoms with Gasteiger partial charge in [0.2, 0.25) is 0 Å². The van der Waals surface area contributed by atoms with Crippen LogP contribution in [0.2, 0.25) is 0 Å². The van der Waals surface area contributed by atoms with Crippen LogP contribution in [-0.4, -0.2) is 17.6 Å². The van der Waals surface area contributed by atoms with E-state index in [9.17, 15) is 0 Å². The summed E-state index contributed by atoms with van der Waals surface area (Å²) in [6, 6.07) is 11.4.